The highest BCUT2D eigenvalue weighted by Crippen LogP contribution is 2.44. The Hall–Kier alpha value is -3.55. The molecular weight excluding hydrogens is 508 g/mol. The van der Waals surface area contributed by atoms with Crippen LogP contribution < -0.4 is 10.6 Å². The molecule has 0 bridgehead atoms. The largest absolute Gasteiger partial charge is 0.461 e. The van der Waals surface area contributed by atoms with Crippen LogP contribution in [-0.4, -0.2) is 49.1 Å². The van der Waals surface area contributed by atoms with Crippen LogP contribution in [0.3, 0.4) is 0 Å². The smallest absolute Gasteiger partial charge is 0.407 e. The topological polar surface area (TPSA) is 103 Å². The summed E-state index contributed by atoms with van der Waals surface area (Å²) < 4.78 is 16.6. The molecule has 0 heterocycles. The number of nitrogens with one attached hydrogen (secondary N) is 2. The van der Waals surface area contributed by atoms with E-state index in [2.05, 4.69) is 34.9 Å². The minimum absolute atomic E-state index is 0.0727. The monoisotopic (exact) mass is 552 g/mol. The Balaban J connectivity index is 1.57. The van der Waals surface area contributed by atoms with Crippen molar-refractivity contribution in [1.82, 2.24) is 10.6 Å². The molecule has 1 aliphatic carbocycles. The number of ether oxygens (including phenoxy) is 3. The first kappa shape index (κ1) is 31.0. The molecule has 2 aromatic rings. The van der Waals surface area contributed by atoms with Gasteiger partial charge in [-0.1, -0.05) is 68.8 Å². The molecular formula is C32H44N2O6. The number of hydrogen-bond donors (Lipinski definition) is 2. The van der Waals surface area contributed by atoms with E-state index in [4.69, 9.17) is 14.2 Å². The van der Waals surface area contributed by atoms with Crippen LogP contribution in [0.1, 0.15) is 90.2 Å². The van der Waals surface area contributed by atoms with Crippen LogP contribution in [0, 0.1) is 0 Å². The molecule has 0 aliphatic heterocycles. The molecule has 8 nitrogen and oxygen atoms in total. The molecule has 2 amide bonds. The summed E-state index contributed by atoms with van der Waals surface area (Å²) in [5.74, 6) is -0.537. The first-order valence-electron chi connectivity index (χ1n) is 14.4. The molecule has 2 N–H and O–H groups in total. The normalized spacial score (nSPS) is 13.9. The first-order valence-corrected chi connectivity index (χ1v) is 14.4. The predicted octanol–water partition coefficient (Wildman–Crippen LogP) is 6.71. The van der Waals surface area contributed by atoms with Crippen molar-refractivity contribution in [3.63, 3.8) is 0 Å². The lowest BCUT2D eigenvalue weighted by Crippen LogP contribution is -2.43. The summed E-state index contributed by atoms with van der Waals surface area (Å²) in [7, 11) is 0. The van der Waals surface area contributed by atoms with Gasteiger partial charge in [-0.2, -0.15) is 0 Å². The van der Waals surface area contributed by atoms with Gasteiger partial charge in [-0.3, -0.25) is 0 Å². The van der Waals surface area contributed by atoms with Crippen LogP contribution in [-0.2, 0) is 19.0 Å². The Morgan fingerprint density at radius 2 is 1.50 bits per heavy atom. The summed E-state index contributed by atoms with van der Waals surface area (Å²) in [4.78, 5) is 37.9. The quantitative estimate of drug-likeness (QED) is 0.163. The molecule has 8 heteroatoms. The molecule has 0 aromatic heterocycles. The van der Waals surface area contributed by atoms with E-state index in [-0.39, 0.29) is 18.6 Å². The van der Waals surface area contributed by atoms with E-state index in [1.54, 1.807) is 20.8 Å². The number of benzene rings is 2. The van der Waals surface area contributed by atoms with Gasteiger partial charge < -0.3 is 24.8 Å². The van der Waals surface area contributed by atoms with E-state index in [1.165, 1.54) is 0 Å². The van der Waals surface area contributed by atoms with Crippen molar-refractivity contribution in [2.24, 2.45) is 0 Å². The Morgan fingerprint density at radius 3 is 2.08 bits per heavy atom. The minimum atomic E-state index is -0.844. The number of amides is 2. The van der Waals surface area contributed by atoms with Crippen LogP contribution in [0.25, 0.3) is 11.1 Å². The van der Waals surface area contributed by atoms with Crippen molar-refractivity contribution in [2.75, 3.05) is 13.2 Å². The molecule has 218 valence electrons. The average molecular weight is 553 g/mol. The summed E-state index contributed by atoms with van der Waals surface area (Å²) >= 11 is 0. The summed E-state index contributed by atoms with van der Waals surface area (Å²) in [6.45, 7) is 9.99. The lowest BCUT2D eigenvalue weighted by atomic mass is 9.98. The summed E-state index contributed by atoms with van der Waals surface area (Å²) in [5, 5.41) is 5.46. The number of carbonyl (C=O) groups excluding carboxylic acids is 3. The maximum absolute atomic E-state index is 13.1. The van der Waals surface area contributed by atoms with Gasteiger partial charge in [0.2, 0.25) is 0 Å². The van der Waals surface area contributed by atoms with Crippen molar-refractivity contribution < 1.29 is 28.6 Å². The molecule has 0 fully saturated rings. The highest BCUT2D eigenvalue weighted by Gasteiger charge is 2.30. The Kier molecular flexibility index (Phi) is 11.4. The summed E-state index contributed by atoms with van der Waals surface area (Å²) in [6, 6.07) is 15.4. The van der Waals surface area contributed by atoms with Gasteiger partial charge in [-0.15, -0.1) is 0 Å². The fraction of sp³-hybridized carbons (Fsp3) is 0.531. The molecule has 0 saturated heterocycles. The number of rotatable bonds is 13. The second kappa shape index (κ2) is 14.7. The van der Waals surface area contributed by atoms with E-state index in [1.807, 2.05) is 38.1 Å². The van der Waals surface area contributed by atoms with Gasteiger partial charge in [0.05, 0.1) is 0 Å². The summed E-state index contributed by atoms with van der Waals surface area (Å²) in [6.07, 6.45) is 2.60. The number of alkyl carbamates (subject to hydrolysis) is 2. The van der Waals surface area contributed by atoms with Crippen molar-refractivity contribution in [3.05, 3.63) is 59.7 Å². The zero-order valence-electron chi connectivity index (χ0n) is 24.5. The van der Waals surface area contributed by atoms with Gasteiger partial charge in [0.1, 0.15) is 24.4 Å². The van der Waals surface area contributed by atoms with Crippen molar-refractivity contribution in [1.29, 1.82) is 0 Å². The molecule has 0 saturated carbocycles. The summed E-state index contributed by atoms with van der Waals surface area (Å²) in [5.41, 5.74) is 3.97. The lowest BCUT2D eigenvalue weighted by Gasteiger charge is -2.22. The Bertz CT molecular complexity index is 1100. The number of hydrogen-bond acceptors (Lipinski definition) is 6. The molecule has 0 spiro atoms. The molecule has 3 rings (SSSR count). The third-order valence-corrected chi connectivity index (χ3v) is 6.86. The van der Waals surface area contributed by atoms with E-state index in [9.17, 15) is 14.4 Å². The molecule has 40 heavy (non-hydrogen) atoms. The fourth-order valence-corrected chi connectivity index (χ4v) is 4.92. The minimum Gasteiger partial charge on any atom is -0.461 e. The van der Waals surface area contributed by atoms with E-state index in [0.717, 1.165) is 35.1 Å². The van der Waals surface area contributed by atoms with E-state index < -0.39 is 29.8 Å². The number of esters is 1. The van der Waals surface area contributed by atoms with Crippen molar-refractivity contribution in [2.45, 2.75) is 96.8 Å². The van der Waals surface area contributed by atoms with Gasteiger partial charge >= 0.3 is 18.2 Å². The third kappa shape index (κ3) is 9.00. The standard InChI is InChI=1S/C32H44N2O6/c1-6-14-22(7-2)39-29(35)28(19-12-13-20-33-30(36)40-32(3,4)5)34-31(37)38-21-27-25-17-10-8-15-23(25)24-16-9-11-18-26(24)27/h8-11,15-18,22,27-28H,6-7,12-14,19-21H2,1-5H3,(H,33,36)(H,34,37)/t22?,28-/m1/s1. The predicted molar refractivity (Wildman–Crippen MR) is 155 cm³/mol. The van der Waals surface area contributed by atoms with Crippen LogP contribution >= 0.6 is 0 Å². The highest BCUT2D eigenvalue weighted by molar-refractivity contribution is 5.82. The molecule has 2 aromatic carbocycles. The average Bonchev–Trinajstić information content (AvgIpc) is 3.23. The number of carbonyl (C=O) groups is 3. The van der Waals surface area contributed by atoms with Crippen molar-refractivity contribution in [3.8, 4) is 11.1 Å². The number of unbranched alkanes of at least 4 members (excludes halogenated alkanes) is 1. The second-order valence-electron chi connectivity index (χ2n) is 11.2. The van der Waals surface area contributed by atoms with E-state index in [0.29, 0.717) is 32.2 Å². The number of fused-ring (bicyclic) bond motifs is 3. The van der Waals surface area contributed by atoms with Crippen molar-refractivity contribution >= 4 is 18.2 Å². The van der Waals surface area contributed by atoms with Crippen LogP contribution in [0.4, 0.5) is 9.59 Å². The highest BCUT2D eigenvalue weighted by atomic mass is 16.6. The lowest BCUT2D eigenvalue weighted by molar-refractivity contribution is -0.152. The zero-order chi connectivity index (χ0) is 29.1. The molecule has 2 atom stereocenters. The SMILES string of the molecule is CCCC(CC)OC(=O)[C@@H](CCCCNC(=O)OC(C)(C)C)NC(=O)OCC1c2ccccc2-c2ccccc21. The van der Waals surface area contributed by atoms with E-state index >= 15 is 0 Å². The molecule has 0 radical (unpaired) electrons. The zero-order valence-corrected chi connectivity index (χ0v) is 24.5. The fourth-order valence-electron chi connectivity index (χ4n) is 4.92. The van der Waals surface area contributed by atoms with Crippen LogP contribution in [0.15, 0.2) is 48.5 Å². The third-order valence-electron chi connectivity index (χ3n) is 6.86. The van der Waals surface area contributed by atoms with Crippen LogP contribution in [0.5, 0.6) is 0 Å². The molecule has 1 unspecified atom stereocenters. The van der Waals surface area contributed by atoms with Gasteiger partial charge in [0.25, 0.3) is 0 Å². The van der Waals surface area contributed by atoms with Crippen LogP contribution in [0.2, 0.25) is 0 Å². The maximum atomic E-state index is 13.1. The van der Waals surface area contributed by atoms with Gasteiger partial charge in [-0.05, 0) is 75.1 Å². The first-order chi connectivity index (χ1) is 19.1. The van der Waals surface area contributed by atoms with Gasteiger partial charge in [0, 0.05) is 12.5 Å². The Morgan fingerprint density at radius 1 is 0.875 bits per heavy atom. The van der Waals surface area contributed by atoms with Gasteiger partial charge in [0.15, 0.2) is 0 Å². The Labute approximate surface area is 238 Å². The maximum Gasteiger partial charge on any atom is 0.407 e. The van der Waals surface area contributed by atoms with Gasteiger partial charge in [-0.25, -0.2) is 14.4 Å². The second-order valence-corrected chi connectivity index (χ2v) is 11.2. The molecule has 1 aliphatic rings.